The summed E-state index contributed by atoms with van der Waals surface area (Å²) in [5.74, 6) is 0. The summed E-state index contributed by atoms with van der Waals surface area (Å²) in [7, 11) is 7.89. The van der Waals surface area contributed by atoms with Gasteiger partial charge in [-0.25, -0.2) is 4.68 Å². The van der Waals surface area contributed by atoms with Gasteiger partial charge in [-0.05, 0) is 35.1 Å². The molecule has 7 heteroatoms. The Morgan fingerprint density at radius 2 is 2.00 bits per heavy atom. The summed E-state index contributed by atoms with van der Waals surface area (Å²) >= 11 is 6.13. The molecule has 0 amide bonds. The van der Waals surface area contributed by atoms with Crippen molar-refractivity contribution in [2.45, 2.75) is 19.5 Å². The third-order valence-electron chi connectivity index (χ3n) is 2.78. The van der Waals surface area contributed by atoms with Crippen LogP contribution in [0.15, 0.2) is 11.0 Å². The third-order valence-corrected chi connectivity index (χ3v) is 3.15. The lowest BCUT2D eigenvalue weighted by atomic mass is 10.3. The normalized spacial score (nSPS) is 13.0. The fourth-order valence-electron chi connectivity index (χ4n) is 1.88. The molecule has 0 fully saturated rings. The van der Waals surface area contributed by atoms with Crippen LogP contribution < -0.4 is 10.9 Å². The lowest BCUT2D eigenvalue weighted by Gasteiger charge is -2.20. The topological polar surface area (TPSA) is 53.4 Å². The van der Waals surface area contributed by atoms with Crippen LogP contribution in [-0.4, -0.2) is 66.9 Å². The van der Waals surface area contributed by atoms with Crippen molar-refractivity contribution in [2.75, 3.05) is 46.6 Å². The first-order valence-electron chi connectivity index (χ1n) is 6.63. The fraction of sp³-hybridized carbons (Fsp3) is 0.692. The van der Waals surface area contributed by atoms with Crippen LogP contribution >= 0.6 is 11.6 Å². The van der Waals surface area contributed by atoms with Gasteiger partial charge < -0.3 is 15.1 Å². The van der Waals surface area contributed by atoms with E-state index in [1.807, 2.05) is 40.0 Å². The Hall–Kier alpha value is -1.11. The summed E-state index contributed by atoms with van der Waals surface area (Å²) in [5, 5.41) is 7.57. The molecule has 1 heterocycles. The van der Waals surface area contributed by atoms with E-state index in [4.69, 9.17) is 11.6 Å². The average Bonchev–Trinajstić information content (AvgIpc) is 2.33. The van der Waals surface area contributed by atoms with Crippen molar-refractivity contribution >= 4 is 17.3 Å². The number of aromatic nitrogens is 2. The molecule has 6 nitrogen and oxygen atoms in total. The van der Waals surface area contributed by atoms with Crippen molar-refractivity contribution in [3.05, 3.63) is 21.6 Å². The fourth-order valence-corrected chi connectivity index (χ4v) is 2.08. The van der Waals surface area contributed by atoms with Crippen LogP contribution in [-0.2, 0) is 6.54 Å². The minimum atomic E-state index is -0.254. The Morgan fingerprint density at radius 3 is 2.55 bits per heavy atom. The number of hydrogen-bond acceptors (Lipinski definition) is 5. The highest BCUT2D eigenvalue weighted by molar-refractivity contribution is 6.32. The summed E-state index contributed by atoms with van der Waals surface area (Å²) in [5.41, 5.74) is 0.336. The van der Waals surface area contributed by atoms with E-state index in [1.54, 1.807) is 6.20 Å². The van der Waals surface area contributed by atoms with Crippen LogP contribution in [0.5, 0.6) is 0 Å². The summed E-state index contributed by atoms with van der Waals surface area (Å²) in [6.07, 6.45) is 1.62. The SMILES string of the molecule is CC(CN(C)C)Nc1cnn(CCN(C)C)c(=O)c1Cl. The summed E-state index contributed by atoms with van der Waals surface area (Å²) in [6.45, 7) is 4.15. The van der Waals surface area contributed by atoms with Gasteiger partial charge >= 0.3 is 0 Å². The van der Waals surface area contributed by atoms with Gasteiger partial charge in [-0.15, -0.1) is 0 Å². The highest BCUT2D eigenvalue weighted by Crippen LogP contribution is 2.16. The molecule has 0 aliphatic rings. The second kappa shape index (κ2) is 7.61. The van der Waals surface area contributed by atoms with Crippen molar-refractivity contribution in [3.63, 3.8) is 0 Å². The lowest BCUT2D eigenvalue weighted by Crippen LogP contribution is -2.32. The zero-order chi connectivity index (χ0) is 15.3. The second-order valence-corrected chi connectivity index (χ2v) is 5.89. The number of rotatable bonds is 7. The molecular formula is C13H24ClN5O. The molecule has 1 rings (SSSR count). The van der Waals surface area contributed by atoms with E-state index in [0.29, 0.717) is 12.2 Å². The third kappa shape index (κ3) is 5.11. The summed E-state index contributed by atoms with van der Waals surface area (Å²) in [4.78, 5) is 16.2. The maximum absolute atomic E-state index is 12.1. The number of anilines is 1. The molecule has 1 aromatic rings. The molecule has 0 spiro atoms. The molecule has 0 radical (unpaired) electrons. The number of nitrogens with zero attached hydrogens (tertiary/aromatic N) is 4. The number of halogens is 1. The van der Waals surface area contributed by atoms with E-state index in [-0.39, 0.29) is 16.6 Å². The monoisotopic (exact) mass is 301 g/mol. The van der Waals surface area contributed by atoms with E-state index in [1.165, 1.54) is 4.68 Å². The highest BCUT2D eigenvalue weighted by atomic mass is 35.5. The molecule has 20 heavy (non-hydrogen) atoms. The smallest absolute Gasteiger partial charge is 0.287 e. The maximum Gasteiger partial charge on any atom is 0.287 e. The van der Waals surface area contributed by atoms with Gasteiger partial charge in [-0.3, -0.25) is 4.79 Å². The molecule has 0 aliphatic carbocycles. The van der Waals surface area contributed by atoms with Crippen LogP contribution in [0.25, 0.3) is 0 Å². The number of hydrogen-bond donors (Lipinski definition) is 1. The average molecular weight is 302 g/mol. The predicted molar refractivity (Wildman–Crippen MR) is 83.7 cm³/mol. The lowest BCUT2D eigenvalue weighted by molar-refractivity contribution is 0.367. The van der Waals surface area contributed by atoms with E-state index in [2.05, 4.69) is 15.3 Å². The minimum absolute atomic E-state index is 0.182. The Bertz CT molecular complexity index is 486. The molecule has 1 unspecified atom stereocenters. The Labute approximate surface area is 125 Å². The second-order valence-electron chi connectivity index (χ2n) is 5.51. The van der Waals surface area contributed by atoms with Crippen molar-refractivity contribution in [3.8, 4) is 0 Å². The number of likely N-dealkylation sites (N-methyl/N-ethyl adjacent to an activating group) is 2. The van der Waals surface area contributed by atoms with E-state index >= 15 is 0 Å². The van der Waals surface area contributed by atoms with Crippen molar-refractivity contribution in [2.24, 2.45) is 0 Å². The molecule has 0 aliphatic heterocycles. The van der Waals surface area contributed by atoms with E-state index in [9.17, 15) is 4.79 Å². The van der Waals surface area contributed by atoms with Crippen molar-refractivity contribution in [1.29, 1.82) is 0 Å². The minimum Gasteiger partial charge on any atom is -0.379 e. The first kappa shape index (κ1) is 16.9. The summed E-state index contributed by atoms with van der Waals surface area (Å²) in [6, 6.07) is 0.182. The van der Waals surface area contributed by atoms with Gasteiger partial charge in [0, 0.05) is 19.1 Å². The standard InChI is InChI=1S/C13H24ClN5O/c1-10(9-18(4)5)16-11-8-15-19(7-6-17(2)3)13(20)12(11)14/h8,10,16H,6-7,9H2,1-5H3. The molecule has 0 aromatic carbocycles. The van der Waals surface area contributed by atoms with Crippen LogP contribution in [0, 0.1) is 0 Å². The Morgan fingerprint density at radius 1 is 1.35 bits per heavy atom. The molecule has 1 aromatic heterocycles. The van der Waals surface area contributed by atoms with Gasteiger partial charge in [0.2, 0.25) is 0 Å². The van der Waals surface area contributed by atoms with Gasteiger partial charge in [0.1, 0.15) is 5.02 Å². The summed E-state index contributed by atoms with van der Waals surface area (Å²) < 4.78 is 1.39. The van der Waals surface area contributed by atoms with Crippen LogP contribution in [0.1, 0.15) is 6.92 Å². The molecule has 1 atom stereocenters. The molecule has 0 saturated heterocycles. The van der Waals surface area contributed by atoms with Crippen LogP contribution in [0.2, 0.25) is 5.02 Å². The Kier molecular flexibility index (Phi) is 6.45. The van der Waals surface area contributed by atoms with E-state index in [0.717, 1.165) is 13.1 Å². The first-order chi connectivity index (χ1) is 9.31. The predicted octanol–water partition coefficient (Wildman–Crippen LogP) is 0.820. The first-order valence-corrected chi connectivity index (χ1v) is 7.00. The maximum atomic E-state index is 12.1. The molecule has 1 N–H and O–H groups in total. The molecule has 0 bridgehead atoms. The molecule has 114 valence electrons. The van der Waals surface area contributed by atoms with Crippen LogP contribution in [0.4, 0.5) is 5.69 Å². The van der Waals surface area contributed by atoms with E-state index < -0.39 is 0 Å². The van der Waals surface area contributed by atoms with Gasteiger partial charge in [-0.2, -0.15) is 5.10 Å². The van der Waals surface area contributed by atoms with Gasteiger partial charge in [0.05, 0.1) is 18.4 Å². The Balaban J connectivity index is 2.81. The quantitative estimate of drug-likeness (QED) is 0.808. The zero-order valence-corrected chi connectivity index (χ0v) is 13.6. The van der Waals surface area contributed by atoms with Gasteiger partial charge in [-0.1, -0.05) is 11.6 Å². The zero-order valence-electron chi connectivity index (χ0n) is 12.9. The van der Waals surface area contributed by atoms with Gasteiger partial charge in [0.15, 0.2) is 0 Å². The largest absolute Gasteiger partial charge is 0.379 e. The van der Waals surface area contributed by atoms with Gasteiger partial charge in [0.25, 0.3) is 5.56 Å². The molecular weight excluding hydrogens is 278 g/mol. The van der Waals surface area contributed by atoms with Crippen molar-refractivity contribution < 1.29 is 0 Å². The van der Waals surface area contributed by atoms with Crippen LogP contribution in [0.3, 0.4) is 0 Å². The number of nitrogens with one attached hydrogen (secondary N) is 1. The van der Waals surface area contributed by atoms with Crippen molar-refractivity contribution in [1.82, 2.24) is 19.6 Å². The molecule has 0 saturated carbocycles. The highest BCUT2D eigenvalue weighted by Gasteiger charge is 2.12.